The topological polar surface area (TPSA) is 26.0 Å². The normalized spacial score (nSPS) is 18.9. The van der Waals surface area contributed by atoms with Gasteiger partial charge in [0.1, 0.15) is 0 Å². The lowest BCUT2D eigenvalue weighted by atomic mass is 9.82. The van der Waals surface area contributed by atoms with Crippen LogP contribution in [0.1, 0.15) is 44.9 Å². The largest absolute Gasteiger partial charge is 0.330 e. The van der Waals surface area contributed by atoms with Crippen molar-refractivity contribution in [1.29, 1.82) is 0 Å². The second kappa shape index (κ2) is 4.73. The van der Waals surface area contributed by atoms with Gasteiger partial charge in [-0.2, -0.15) is 0 Å². The first-order chi connectivity index (χ1) is 4.93. The fourth-order valence-corrected chi connectivity index (χ4v) is 1.54. The molecular weight excluding hydrogens is 122 g/mol. The van der Waals surface area contributed by atoms with Crippen LogP contribution in [-0.4, -0.2) is 6.54 Å². The van der Waals surface area contributed by atoms with E-state index in [0.717, 1.165) is 12.5 Å². The molecule has 1 nitrogen and oxygen atoms in total. The first kappa shape index (κ1) is 8.06. The molecule has 0 bridgehead atoms. The first-order valence-corrected chi connectivity index (χ1v) is 4.63. The third-order valence-corrected chi connectivity index (χ3v) is 2.54. The van der Waals surface area contributed by atoms with Gasteiger partial charge in [0.2, 0.25) is 0 Å². The molecule has 1 aliphatic carbocycles. The van der Waals surface area contributed by atoms with E-state index in [1.54, 1.807) is 0 Å². The van der Waals surface area contributed by atoms with Gasteiger partial charge < -0.3 is 5.73 Å². The molecule has 1 saturated carbocycles. The summed E-state index contributed by atoms with van der Waals surface area (Å²) in [7, 11) is 0. The Kier molecular flexibility index (Phi) is 3.81. The Labute approximate surface area is 64.0 Å². The smallest absolute Gasteiger partial charge is 0.00773 e. The zero-order valence-corrected chi connectivity index (χ0v) is 6.81. The van der Waals surface area contributed by atoms with Crippen molar-refractivity contribution in [3.63, 3.8) is 0 Å². The molecule has 1 rings (SSSR count). The van der Waals surface area contributed by atoms with Gasteiger partial charge in [-0.3, -0.25) is 0 Å². The molecule has 0 unspecified atom stereocenters. The molecule has 0 radical (unpaired) electrons. The summed E-state index contributed by atoms with van der Waals surface area (Å²) in [6, 6.07) is 0. The highest BCUT2D eigenvalue weighted by molar-refractivity contribution is 4.68. The maximum absolute atomic E-state index is 5.39. The van der Waals surface area contributed by atoms with Crippen LogP contribution >= 0.6 is 0 Å². The highest BCUT2D eigenvalue weighted by Gasteiger charge is 2.15. The van der Waals surface area contributed by atoms with Crippen molar-refractivity contribution in [2.75, 3.05) is 6.54 Å². The van der Waals surface area contributed by atoms with Gasteiger partial charge in [0.05, 0.1) is 0 Å². The lowest BCUT2D eigenvalue weighted by Gasteiger charge is -2.24. The Hall–Kier alpha value is -0.0400. The van der Waals surface area contributed by atoms with E-state index in [2.05, 4.69) is 0 Å². The predicted molar refractivity (Wildman–Crippen MR) is 44.9 cm³/mol. The third-order valence-electron chi connectivity index (χ3n) is 2.54. The Morgan fingerprint density at radius 1 is 1.10 bits per heavy atom. The van der Waals surface area contributed by atoms with Crippen molar-refractivity contribution in [2.45, 2.75) is 44.9 Å². The van der Waals surface area contributed by atoms with Crippen LogP contribution in [0.2, 0.25) is 0 Å². The van der Waals surface area contributed by atoms with Gasteiger partial charge in [0.25, 0.3) is 0 Å². The molecule has 0 aliphatic heterocycles. The molecule has 0 saturated heterocycles. The van der Waals surface area contributed by atoms with Crippen LogP contribution in [0.4, 0.5) is 0 Å². The molecule has 0 aromatic rings. The molecule has 0 amide bonds. The summed E-state index contributed by atoms with van der Waals surface area (Å²) in [4.78, 5) is 0. The molecule has 1 aliphatic rings. The van der Waals surface area contributed by atoms with E-state index < -0.39 is 0 Å². The summed E-state index contributed by atoms with van der Waals surface area (Å²) in [5, 5.41) is 0. The molecule has 1 fully saturated rings. The van der Waals surface area contributed by atoms with Gasteiger partial charge in [-0.25, -0.2) is 0 Å². The minimum atomic E-state index is 0.880. The molecule has 0 aromatic heterocycles. The quantitative estimate of drug-likeness (QED) is 0.584. The molecule has 2 N–H and O–H groups in total. The average Bonchev–Trinajstić information content (AvgIpc) is 1.84. The molecule has 0 aromatic carbocycles. The maximum atomic E-state index is 5.39. The van der Waals surface area contributed by atoms with Gasteiger partial charge in [-0.05, 0) is 18.9 Å². The molecule has 0 atom stereocenters. The molecule has 0 heterocycles. The van der Waals surface area contributed by atoms with E-state index in [0.29, 0.717) is 0 Å². The molecule has 60 valence electrons. The highest BCUT2D eigenvalue weighted by Crippen LogP contribution is 2.30. The Balaban J connectivity index is 1.76. The van der Waals surface area contributed by atoms with Gasteiger partial charge in [0.15, 0.2) is 0 Å². The van der Waals surface area contributed by atoms with Gasteiger partial charge >= 0.3 is 0 Å². The summed E-state index contributed by atoms with van der Waals surface area (Å²) in [5.74, 6) is 1.10. The number of hydrogen-bond acceptors (Lipinski definition) is 1. The van der Waals surface area contributed by atoms with E-state index in [1.165, 1.54) is 44.9 Å². The predicted octanol–water partition coefficient (Wildman–Crippen LogP) is 2.31. The standard InChI is InChI=1S/C9H19N/c10-8-3-1-2-5-9-6-4-7-9/h9H,1-8,10H2. The minimum Gasteiger partial charge on any atom is -0.330 e. The van der Waals surface area contributed by atoms with E-state index in [4.69, 9.17) is 5.73 Å². The summed E-state index contributed by atoms with van der Waals surface area (Å²) < 4.78 is 0. The van der Waals surface area contributed by atoms with Crippen molar-refractivity contribution in [3.05, 3.63) is 0 Å². The van der Waals surface area contributed by atoms with E-state index in [1.807, 2.05) is 0 Å². The maximum Gasteiger partial charge on any atom is -0.00773 e. The fourth-order valence-electron chi connectivity index (χ4n) is 1.54. The van der Waals surface area contributed by atoms with E-state index >= 15 is 0 Å². The summed E-state index contributed by atoms with van der Waals surface area (Å²) >= 11 is 0. The van der Waals surface area contributed by atoms with E-state index in [9.17, 15) is 0 Å². The van der Waals surface area contributed by atoms with Crippen LogP contribution in [0.3, 0.4) is 0 Å². The van der Waals surface area contributed by atoms with Crippen LogP contribution in [0.15, 0.2) is 0 Å². The van der Waals surface area contributed by atoms with Gasteiger partial charge in [-0.15, -0.1) is 0 Å². The Morgan fingerprint density at radius 2 is 1.90 bits per heavy atom. The fraction of sp³-hybridized carbons (Fsp3) is 1.00. The van der Waals surface area contributed by atoms with Crippen LogP contribution < -0.4 is 5.73 Å². The van der Waals surface area contributed by atoms with E-state index in [-0.39, 0.29) is 0 Å². The second-order valence-corrected chi connectivity index (χ2v) is 3.43. The SMILES string of the molecule is NCCCCCC1CCC1. The van der Waals surface area contributed by atoms with Crippen molar-refractivity contribution in [1.82, 2.24) is 0 Å². The Bertz CT molecular complexity index is 76.8. The van der Waals surface area contributed by atoms with Crippen molar-refractivity contribution in [2.24, 2.45) is 11.7 Å². The number of nitrogens with two attached hydrogens (primary N) is 1. The van der Waals surface area contributed by atoms with Crippen LogP contribution in [-0.2, 0) is 0 Å². The third kappa shape index (κ3) is 2.70. The molecule has 10 heavy (non-hydrogen) atoms. The van der Waals surface area contributed by atoms with Crippen molar-refractivity contribution >= 4 is 0 Å². The second-order valence-electron chi connectivity index (χ2n) is 3.43. The van der Waals surface area contributed by atoms with Crippen molar-refractivity contribution in [3.8, 4) is 0 Å². The zero-order valence-electron chi connectivity index (χ0n) is 6.81. The zero-order chi connectivity index (χ0) is 7.23. The van der Waals surface area contributed by atoms with Gasteiger partial charge in [-0.1, -0.05) is 38.5 Å². The number of unbranched alkanes of at least 4 members (excludes halogenated alkanes) is 2. The van der Waals surface area contributed by atoms with Crippen LogP contribution in [0.25, 0.3) is 0 Å². The first-order valence-electron chi connectivity index (χ1n) is 4.63. The van der Waals surface area contributed by atoms with Crippen LogP contribution in [0.5, 0.6) is 0 Å². The number of rotatable bonds is 5. The van der Waals surface area contributed by atoms with Gasteiger partial charge in [0, 0.05) is 0 Å². The Morgan fingerprint density at radius 3 is 2.40 bits per heavy atom. The monoisotopic (exact) mass is 141 g/mol. The lowest BCUT2D eigenvalue weighted by Crippen LogP contribution is -2.10. The van der Waals surface area contributed by atoms with Crippen LogP contribution in [0, 0.1) is 5.92 Å². The molecule has 1 heteroatoms. The molecular formula is C9H19N. The lowest BCUT2D eigenvalue weighted by molar-refractivity contribution is 0.287. The molecule has 0 spiro atoms. The average molecular weight is 141 g/mol. The minimum absolute atomic E-state index is 0.880. The van der Waals surface area contributed by atoms with Crippen molar-refractivity contribution < 1.29 is 0 Å². The summed E-state index contributed by atoms with van der Waals surface area (Å²) in [5.41, 5.74) is 5.39. The summed E-state index contributed by atoms with van der Waals surface area (Å²) in [6.07, 6.45) is 9.97. The summed E-state index contributed by atoms with van der Waals surface area (Å²) in [6.45, 7) is 0.880. The highest BCUT2D eigenvalue weighted by atomic mass is 14.5. The number of hydrogen-bond donors (Lipinski definition) is 1.